The predicted octanol–water partition coefficient (Wildman–Crippen LogP) is 0.483. The Hall–Kier alpha value is -1.08. The van der Waals surface area contributed by atoms with Gasteiger partial charge in [0, 0.05) is 5.56 Å². The van der Waals surface area contributed by atoms with Crippen LogP contribution in [0.5, 0.6) is 0 Å². The van der Waals surface area contributed by atoms with E-state index in [1.165, 1.54) is 12.1 Å². The zero-order valence-corrected chi connectivity index (χ0v) is 19.2. The van der Waals surface area contributed by atoms with Crippen molar-refractivity contribution in [2.45, 2.75) is 5.08 Å². The van der Waals surface area contributed by atoms with Crippen LogP contribution in [-0.4, -0.2) is 24.7 Å². The predicted molar refractivity (Wildman–Crippen MR) is 105 cm³/mol. The van der Waals surface area contributed by atoms with E-state index in [2.05, 4.69) is 0 Å². The van der Waals surface area contributed by atoms with Gasteiger partial charge in [-0.1, -0.05) is 66.7 Å². The minimum absolute atomic E-state index is 0. The monoisotopic (exact) mass is 443 g/mol. The Morgan fingerprint density at radius 1 is 0.586 bits per heavy atom. The van der Waals surface area contributed by atoms with E-state index < -0.39 is 25.8 Å². The zero-order valence-electron chi connectivity index (χ0n) is 15.5. The first-order valence-corrected chi connectivity index (χ1v) is 11.4. The van der Waals surface area contributed by atoms with Crippen LogP contribution in [0.15, 0.2) is 78.9 Å². The maximum Gasteiger partial charge on any atom is 1.00 e. The number of benzene rings is 3. The summed E-state index contributed by atoms with van der Waals surface area (Å²) >= 11 is 0. The smallest absolute Gasteiger partial charge is 0.364 e. The third-order valence-electron chi connectivity index (χ3n) is 4.37. The quantitative estimate of drug-likeness (QED) is 0.286. The van der Waals surface area contributed by atoms with Crippen LogP contribution < -0.4 is 29.6 Å². The second-order valence-electron chi connectivity index (χ2n) is 6.25. The van der Waals surface area contributed by atoms with E-state index in [9.17, 15) is 33.8 Å². The molecular weight excluding hydrogens is 425 g/mol. The summed E-state index contributed by atoms with van der Waals surface area (Å²) < 4.78 is 23.5. The van der Waals surface area contributed by atoms with E-state index in [4.69, 9.17) is 0 Å². The van der Waals surface area contributed by atoms with Gasteiger partial charge < -0.3 is 24.7 Å². The number of hydrogen-bond donors (Lipinski definition) is 5. The van der Waals surface area contributed by atoms with Gasteiger partial charge in [-0.25, -0.2) is 0 Å². The van der Waals surface area contributed by atoms with Gasteiger partial charge in [0.2, 0.25) is 0 Å². The summed E-state index contributed by atoms with van der Waals surface area (Å²) in [5, 5.41) is 6.72. The molecule has 0 aliphatic rings. The SMILES string of the molecule is O=P(O)(O)C(O)(c1cccc(-c2cccc(-c3ccccc3)c2)c1)P(=O)(O)O.[Na+]. The van der Waals surface area contributed by atoms with Gasteiger partial charge in [0.25, 0.3) is 5.08 Å². The minimum Gasteiger partial charge on any atom is -0.364 e. The number of aliphatic hydroxyl groups is 1. The Morgan fingerprint density at radius 2 is 1.00 bits per heavy atom. The van der Waals surface area contributed by atoms with E-state index >= 15 is 0 Å². The molecule has 0 heterocycles. The Kier molecular flexibility index (Phi) is 7.48. The molecule has 0 aliphatic carbocycles. The number of rotatable bonds is 5. The molecule has 146 valence electrons. The van der Waals surface area contributed by atoms with Crippen LogP contribution in [0.3, 0.4) is 0 Å². The van der Waals surface area contributed by atoms with Crippen LogP contribution in [0.1, 0.15) is 5.56 Å². The van der Waals surface area contributed by atoms with E-state index in [1.807, 2.05) is 42.5 Å². The Labute approximate surface area is 189 Å². The van der Waals surface area contributed by atoms with Crippen molar-refractivity contribution >= 4 is 15.2 Å². The fourth-order valence-electron chi connectivity index (χ4n) is 2.92. The third-order valence-corrected chi connectivity index (χ3v) is 8.07. The van der Waals surface area contributed by atoms with Crippen LogP contribution in [0.2, 0.25) is 0 Å². The first-order chi connectivity index (χ1) is 13.0. The molecule has 0 saturated heterocycles. The molecule has 29 heavy (non-hydrogen) atoms. The second-order valence-corrected chi connectivity index (χ2v) is 10.1. The van der Waals surface area contributed by atoms with Crippen LogP contribution in [0.25, 0.3) is 22.3 Å². The molecular formula is C19H18NaO7P2+. The van der Waals surface area contributed by atoms with Crippen LogP contribution in [0.4, 0.5) is 0 Å². The first kappa shape index (κ1) is 24.2. The van der Waals surface area contributed by atoms with E-state index in [1.54, 1.807) is 18.2 Å². The molecule has 5 N–H and O–H groups in total. The summed E-state index contributed by atoms with van der Waals surface area (Å²) in [5.74, 6) is 0. The minimum atomic E-state index is -5.61. The molecule has 10 heteroatoms. The van der Waals surface area contributed by atoms with Crippen molar-refractivity contribution in [3.05, 3.63) is 84.4 Å². The fourth-order valence-corrected chi connectivity index (χ4v) is 5.23. The fraction of sp³-hybridized carbons (Fsp3) is 0.0526. The molecule has 0 bridgehead atoms. The van der Waals surface area contributed by atoms with Gasteiger partial charge in [-0.2, -0.15) is 0 Å². The largest absolute Gasteiger partial charge is 1.00 e. The Bertz CT molecular complexity index is 1070. The molecule has 0 amide bonds. The van der Waals surface area contributed by atoms with Gasteiger partial charge in [0.15, 0.2) is 0 Å². The molecule has 3 aromatic carbocycles. The van der Waals surface area contributed by atoms with Crippen molar-refractivity contribution < 1.29 is 63.4 Å². The second kappa shape index (κ2) is 8.96. The molecule has 0 aromatic heterocycles. The normalized spacial score (nSPS) is 12.3. The standard InChI is InChI=1S/C19H18O7P2.Na/c20-19(27(21,22)23,28(24,25)26)18-11-5-10-17(13-18)16-9-4-8-15(12-16)14-6-2-1-3-7-14;/h1-13,20H,(H2,21,22,23)(H2,24,25,26);/q;+1. The van der Waals surface area contributed by atoms with Crippen LogP contribution in [0, 0.1) is 0 Å². The topological polar surface area (TPSA) is 135 Å². The molecule has 0 aliphatic heterocycles. The first-order valence-electron chi connectivity index (χ1n) is 8.14. The van der Waals surface area contributed by atoms with Gasteiger partial charge in [-0.3, -0.25) is 9.13 Å². The molecule has 0 saturated carbocycles. The average Bonchev–Trinajstić information content (AvgIpc) is 2.66. The van der Waals surface area contributed by atoms with E-state index in [0.717, 1.165) is 17.2 Å². The van der Waals surface area contributed by atoms with E-state index in [-0.39, 0.29) is 29.6 Å². The van der Waals surface area contributed by atoms with Crippen molar-refractivity contribution in [3.8, 4) is 22.3 Å². The van der Waals surface area contributed by atoms with Crippen molar-refractivity contribution in [2.24, 2.45) is 0 Å². The molecule has 0 radical (unpaired) electrons. The van der Waals surface area contributed by atoms with Crippen LogP contribution >= 0.6 is 15.2 Å². The molecule has 0 unspecified atom stereocenters. The van der Waals surface area contributed by atoms with Crippen molar-refractivity contribution in [1.82, 2.24) is 0 Å². The summed E-state index contributed by atoms with van der Waals surface area (Å²) in [5.41, 5.74) is 2.39. The van der Waals surface area contributed by atoms with Crippen molar-refractivity contribution in [3.63, 3.8) is 0 Å². The molecule has 0 spiro atoms. The molecule has 7 nitrogen and oxygen atoms in total. The Balaban J connectivity index is 0.00000300. The third kappa shape index (κ3) is 4.82. The molecule has 3 aromatic rings. The summed E-state index contributed by atoms with van der Waals surface area (Å²) in [6.07, 6.45) is 0. The molecule has 3 rings (SSSR count). The summed E-state index contributed by atoms with van der Waals surface area (Å²) in [7, 11) is -11.2. The summed E-state index contributed by atoms with van der Waals surface area (Å²) in [6, 6.07) is 22.0. The summed E-state index contributed by atoms with van der Waals surface area (Å²) in [6.45, 7) is 0. The number of hydrogen-bond acceptors (Lipinski definition) is 3. The van der Waals surface area contributed by atoms with Gasteiger partial charge in [0.1, 0.15) is 0 Å². The van der Waals surface area contributed by atoms with Gasteiger partial charge >= 0.3 is 44.7 Å². The average molecular weight is 443 g/mol. The maximum absolute atomic E-state index is 11.7. The molecule has 0 fully saturated rings. The van der Waals surface area contributed by atoms with Gasteiger partial charge in [0.05, 0.1) is 0 Å². The van der Waals surface area contributed by atoms with Gasteiger partial charge in [-0.05, 0) is 34.4 Å². The van der Waals surface area contributed by atoms with Crippen LogP contribution in [-0.2, 0) is 14.2 Å². The molecule has 0 atom stereocenters. The van der Waals surface area contributed by atoms with Crippen molar-refractivity contribution in [1.29, 1.82) is 0 Å². The summed E-state index contributed by atoms with van der Waals surface area (Å²) in [4.78, 5) is 37.8. The maximum atomic E-state index is 11.7. The zero-order chi connectivity index (χ0) is 20.6. The van der Waals surface area contributed by atoms with E-state index in [0.29, 0.717) is 11.1 Å². The van der Waals surface area contributed by atoms with Gasteiger partial charge in [-0.15, -0.1) is 0 Å². The van der Waals surface area contributed by atoms with Crippen molar-refractivity contribution in [2.75, 3.05) is 0 Å². The Morgan fingerprint density at radius 3 is 1.52 bits per heavy atom.